The smallest absolute Gasteiger partial charge is 0.408 e. The summed E-state index contributed by atoms with van der Waals surface area (Å²) in [5.74, 6) is -0.722. The van der Waals surface area contributed by atoms with E-state index in [1.54, 1.807) is 0 Å². The number of hydrogen-bond donors (Lipinski definition) is 1. The van der Waals surface area contributed by atoms with Crippen LogP contribution in [0, 0.1) is 5.92 Å². The highest BCUT2D eigenvalue weighted by Gasteiger charge is 2.50. The van der Waals surface area contributed by atoms with Crippen LogP contribution in [0.15, 0.2) is 152 Å². The van der Waals surface area contributed by atoms with Crippen molar-refractivity contribution in [2.24, 2.45) is 5.92 Å². The number of rotatable bonds is 28. The van der Waals surface area contributed by atoms with Gasteiger partial charge in [0.1, 0.15) is 37.1 Å². The van der Waals surface area contributed by atoms with Gasteiger partial charge in [0.2, 0.25) is 0 Å². The highest BCUT2D eigenvalue weighted by Crippen LogP contribution is 2.43. The van der Waals surface area contributed by atoms with Gasteiger partial charge in [-0.15, -0.1) is 0 Å². The first-order valence-corrected chi connectivity index (χ1v) is 27.5. The lowest BCUT2D eigenvalue weighted by molar-refractivity contribution is -0.275. The van der Waals surface area contributed by atoms with Crippen LogP contribution in [-0.2, 0) is 75.4 Å². The molecule has 1 fully saturated rings. The minimum Gasteiger partial charge on any atom is -0.467 e. The highest BCUT2D eigenvalue weighted by molar-refractivity contribution is 6.77. The first-order chi connectivity index (χ1) is 34.5. The van der Waals surface area contributed by atoms with Gasteiger partial charge in [0.15, 0.2) is 8.32 Å². The molecule has 1 amide bonds. The van der Waals surface area contributed by atoms with Crippen molar-refractivity contribution in [2.45, 2.75) is 147 Å². The fourth-order valence-corrected chi connectivity index (χ4v) is 15.7. The van der Waals surface area contributed by atoms with Gasteiger partial charge in [-0.1, -0.05) is 193 Å². The summed E-state index contributed by atoms with van der Waals surface area (Å²) in [6, 6.07) is 48.9. The van der Waals surface area contributed by atoms with Gasteiger partial charge in [-0.3, -0.25) is 0 Å². The molecule has 1 aliphatic heterocycles. The Morgan fingerprint density at radius 2 is 0.944 bits per heavy atom. The molecule has 382 valence electrons. The van der Waals surface area contributed by atoms with E-state index in [0.717, 1.165) is 27.8 Å². The maximum atomic E-state index is 13.5. The molecule has 11 nitrogen and oxygen atoms in total. The molecule has 0 aromatic heterocycles. The van der Waals surface area contributed by atoms with Crippen molar-refractivity contribution in [3.05, 3.63) is 179 Å². The van der Waals surface area contributed by atoms with Crippen LogP contribution >= 0.6 is 0 Å². The Hall–Kier alpha value is -5.18. The average Bonchev–Trinajstić information content (AvgIpc) is 3.38. The van der Waals surface area contributed by atoms with Gasteiger partial charge >= 0.3 is 12.1 Å². The second-order valence-corrected chi connectivity index (χ2v) is 25.0. The highest BCUT2D eigenvalue weighted by atomic mass is 28.4. The molecule has 0 spiro atoms. The van der Waals surface area contributed by atoms with Crippen LogP contribution in [-0.4, -0.2) is 77.3 Å². The normalized spacial score (nSPS) is 19.1. The zero-order valence-electron chi connectivity index (χ0n) is 42.9. The molecule has 1 heterocycles. The summed E-state index contributed by atoms with van der Waals surface area (Å²) in [6.07, 6.45) is -2.38. The lowest BCUT2D eigenvalue weighted by atomic mass is 9.87. The molecule has 1 saturated heterocycles. The van der Waals surface area contributed by atoms with Gasteiger partial charge in [0.25, 0.3) is 0 Å². The molecule has 5 aromatic rings. The Balaban J connectivity index is 1.37. The monoisotopic (exact) mass is 988 g/mol. The van der Waals surface area contributed by atoms with Gasteiger partial charge in [-0.05, 0) is 69.6 Å². The van der Waals surface area contributed by atoms with E-state index >= 15 is 0 Å². The molecule has 0 unspecified atom stereocenters. The van der Waals surface area contributed by atoms with E-state index in [2.05, 4.69) is 83.3 Å². The number of esters is 1. The zero-order chi connectivity index (χ0) is 50.4. The van der Waals surface area contributed by atoms with E-state index in [1.807, 2.05) is 115 Å². The van der Waals surface area contributed by atoms with Crippen molar-refractivity contribution in [1.82, 2.24) is 5.32 Å². The van der Waals surface area contributed by atoms with Crippen LogP contribution in [0.3, 0.4) is 0 Å². The van der Waals surface area contributed by atoms with Gasteiger partial charge in [-0.25, -0.2) is 9.59 Å². The number of methoxy groups -OCH3 is 1. The summed E-state index contributed by atoms with van der Waals surface area (Å²) in [7, 11) is -1.06. The molecule has 1 N–H and O–H groups in total. The van der Waals surface area contributed by atoms with E-state index in [4.69, 9.17) is 37.6 Å². The Morgan fingerprint density at radius 3 is 1.38 bits per heavy atom. The predicted octanol–water partition coefficient (Wildman–Crippen LogP) is 12.2. The van der Waals surface area contributed by atoms with Crippen LogP contribution in [0.25, 0.3) is 0 Å². The van der Waals surface area contributed by atoms with E-state index in [-0.39, 0.29) is 25.6 Å². The number of carbonyl (C=O) groups excluding carboxylic acids is 2. The molecule has 71 heavy (non-hydrogen) atoms. The number of alkyl carbamates (subject to hydrolysis) is 1. The average molecular weight is 988 g/mol. The van der Waals surface area contributed by atoms with Gasteiger partial charge in [0.05, 0.1) is 46.2 Å². The molecular formula is C59H77NO10Si. The first kappa shape index (κ1) is 55.1. The second-order valence-electron chi connectivity index (χ2n) is 19.6. The van der Waals surface area contributed by atoms with Crippen LogP contribution in [0.2, 0.25) is 16.6 Å². The topological polar surface area (TPSA) is 120 Å². The SMILES string of the molecule is COC(=O)[C@H](CC[C@H](CO[Si](C(C)C)(C(C)C)C(C)C)C[C@@H]1O[C@H](COCc2ccccc2)[C@H](OCc2ccccc2)[C@H](OCc2ccccc2)[C@H]1OCc1ccccc1)NC(=O)OCc1ccccc1. The number of nitrogens with one attached hydrogen (secondary N) is 1. The number of amides is 1. The minimum atomic E-state index is -2.39. The fraction of sp³-hybridized carbons (Fsp3) is 0.458. The summed E-state index contributed by atoms with van der Waals surface area (Å²) in [4.78, 5) is 26.7. The largest absolute Gasteiger partial charge is 0.467 e. The van der Waals surface area contributed by atoms with Gasteiger partial charge < -0.3 is 42.9 Å². The maximum Gasteiger partial charge on any atom is 0.408 e. The van der Waals surface area contributed by atoms with Crippen LogP contribution in [0.5, 0.6) is 0 Å². The van der Waals surface area contributed by atoms with Crippen molar-refractivity contribution in [3.8, 4) is 0 Å². The fourth-order valence-electron chi connectivity index (χ4n) is 10.1. The molecule has 5 aromatic carbocycles. The number of hydrogen-bond acceptors (Lipinski definition) is 10. The van der Waals surface area contributed by atoms with Crippen molar-refractivity contribution in [1.29, 1.82) is 0 Å². The Kier molecular flexibility index (Phi) is 22.3. The molecular weight excluding hydrogens is 911 g/mol. The maximum absolute atomic E-state index is 13.5. The quantitative estimate of drug-likeness (QED) is 0.0383. The summed E-state index contributed by atoms with van der Waals surface area (Å²) in [6.45, 7) is 15.7. The molecule has 1 aliphatic rings. The predicted molar refractivity (Wildman–Crippen MR) is 280 cm³/mol. The molecule has 0 bridgehead atoms. The summed E-state index contributed by atoms with van der Waals surface area (Å²) < 4.78 is 53.2. The summed E-state index contributed by atoms with van der Waals surface area (Å²) in [5.41, 5.74) is 5.94. The lowest BCUT2D eigenvalue weighted by Crippen LogP contribution is -2.61. The van der Waals surface area contributed by atoms with Crippen molar-refractivity contribution in [2.75, 3.05) is 20.3 Å². The second kappa shape index (κ2) is 28.8. The third kappa shape index (κ3) is 16.7. The zero-order valence-corrected chi connectivity index (χ0v) is 43.9. The third-order valence-corrected chi connectivity index (χ3v) is 19.8. The van der Waals surface area contributed by atoms with Crippen LogP contribution in [0.1, 0.15) is 88.6 Å². The molecule has 6 rings (SSSR count). The lowest BCUT2D eigenvalue weighted by Gasteiger charge is -2.47. The molecule has 0 radical (unpaired) electrons. The first-order valence-electron chi connectivity index (χ1n) is 25.4. The number of ether oxygens (including phenoxy) is 7. The van der Waals surface area contributed by atoms with Crippen molar-refractivity contribution < 1.29 is 47.2 Å². The molecule has 0 aliphatic carbocycles. The van der Waals surface area contributed by atoms with Crippen molar-refractivity contribution in [3.63, 3.8) is 0 Å². The molecule has 7 atom stereocenters. The van der Waals surface area contributed by atoms with E-state index in [1.165, 1.54) is 7.11 Å². The molecule has 0 saturated carbocycles. The van der Waals surface area contributed by atoms with E-state index in [9.17, 15) is 9.59 Å². The Morgan fingerprint density at radius 1 is 0.535 bits per heavy atom. The number of carbonyl (C=O) groups is 2. The Bertz CT molecular complexity index is 2230. The van der Waals surface area contributed by atoms with E-state index in [0.29, 0.717) is 62.5 Å². The van der Waals surface area contributed by atoms with E-state index < -0.39 is 56.9 Å². The van der Waals surface area contributed by atoms with Gasteiger partial charge in [0, 0.05) is 6.61 Å². The number of benzene rings is 5. The summed E-state index contributed by atoms with van der Waals surface area (Å²) >= 11 is 0. The van der Waals surface area contributed by atoms with Crippen LogP contribution in [0.4, 0.5) is 4.79 Å². The standard InChI is InChI=1S/C59H77NO10Si/c1-43(2)71(44(3)4,45(5)6)69-41-51(33-34-52(58(61)63-7)60-59(62)68-40-50-31-21-12-22-32-50)35-53-55(65-37-47-25-15-9-16-26-47)57(67-39-49-29-19-11-20-30-49)56(66-38-48-27-17-10-18-28-48)54(70-53)42-64-36-46-23-13-8-14-24-46/h8-32,43-45,51-57H,33-42H2,1-7H3,(H,60,62)/t51-,52-,53-,54+,55-,56-,57+/m0/s1. The van der Waals surface area contributed by atoms with Gasteiger partial charge in [-0.2, -0.15) is 0 Å². The van der Waals surface area contributed by atoms with Crippen molar-refractivity contribution >= 4 is 20.4 Å². The third-order valence-electron chi connectivity index (χ3n) is 13.7. The Labute approximate surface area is 424 Å². The van der Waals surface area contributed by atoms with Crippen LogP contribution < -0.4 is 5.32 Å². The summed E-state index contributed by atoms with van der Waals surface area (Å²) in [5, 5.41) is 2.81. The minimum absolute atomic E-state index is 0.0620. The molecule has 12 heteroatoms.